The third-order valence-electron chi connectivity index (χ3n) is 2.89. The normalized spacial score (nSPS) is 10.2. The van der Waals surface area contributed by atoms with E-state index >= 15 is 0 Å². The van der Waals surface area contributed by atoms with E-state index in [-0.39, 0.29) is 18.4 Å². The highest BCUT2D eigenvalue weighted by Gasteiger charge is 2.15. The van der Waals surface area contributed by atoms with Gasteiger partial charge in [-0.1, -0.05) is 35.5 Å². The van der Waals surface area contributed by atoms with E-state index in [9.17, 15) is 9.59 Å². The van der Waals surface area contributed by atoms with E-state index in [1.165, 1.54) is 11.8 Å². The summed E-state index contributed by atoms with van der Waals surface area (Å²) in [5.41, 5.74) is 0.970. The molecule has 0 bridgehead atoms. The molecule has 1 N–H and O–H groups in total. The largest absolute Gasteiger partial charge is 0.360 e. The highest BCUT2D eigenvalue weighted by Crippen LogP contribution is 2.08. The molecule has 6 nitrogen and oxygen atoms in total. The van der Waals surface area contributed by atoms with Crippen LogP contribution in [-0.4, -0.2) is 28.4 Å². The molecule has 0 saturated carbocycles. The number of nitrogens with one attached hydrogen (secondary N) is 1. The second kappa shape index (κ2) is 6.69. The Balaban J connectivity index is 1.96. The van der Waals surface area contributed by atoms with Gasteiger partial charge < -0.3 is 14.7 Å². The highest BCUT2D eigenvalue weighted by molar-refractivity contribution is 5.93. The van der Waals surface area contributed by atoms with Crippen molar-refractivity contribution >= 4 is 17.6 Å². The predicted octanol–water partition coefficient (Wildman–Crippen LogP) is 1.97. The van der Waals surface area contributed by atoms with Crippen molar-refractivity contribution in [2.24, 2.45) is 0 Å². The first kappa shape index (κ1) is 14.8. The lowest BCUT2D eigenvalue weighted by molar-refractivity contribution is -0.133. The second-order valence-corrected chi connectivity index (χ2v) is 4.73. The number of benzene rings is 1. The summed E-state index contributed by atoms with van der Waals surface area (Å²) in [4.78, 5) is 25.1. The third kappa shape index (κ3) is 4.45. The van der Waals surface area contributed by atoms with Crippen molar-refractivity contribution in [3.05, 3.63) is 47.7 Å². The number of aryl methyl sites for hydroxylation is 1. The van der Waals surface area contributed by atoms with Gasteiger partial charge >= 0.3 is 0 Å². The third-order valence-corrected chi connectivity index (χ3v) is 2.89. The fourth-order valence-corrected chi connectivity index (χ4v) is 1.86. The zero-order chi connectivity index (χ0) is 15.2. The molecule has 0 saturated heterocycles. The molecule has 0 unspecified atom stereocenters. The first-order valence-corrected chi connectivity index (χ1v) is 6.57. The summed E-state index contributed by atoms with van der Waals surface area (Å²) in [6, 6.07) is 11.1. The van der Waals surface area contributed by atoms with Crippen molar-refractivity contribution in [2.45, 2.75) is 20.4 Å². The molecule has 0 aliphatic rings. The minimum Gasteiger partial charge on any atom is -0.360 e. The number of hydrogen-bond acceptors (Lipinski definition) is 4. The van der Waals surface area contributed by atoms with Crippen LogP contribution in [-0.2, 0) is 16.1 Å². The summed E-state index contributed by atoms with van der Waals surface area (Å²) < 4.78 is 4.87. The fourth-order valence-electron chi connectivity index (χ4n) is 1.86. The minimum atomic E-state index is -0.311. The standard InChI is InChI=1S/C15H17N3O3/c1-11-8-14(17-21-11)16-15(20)10-18(12(2)19)9-13-6-4-3-5-7-13/h3-8H,9-10H2,1-2H3,(H,16,17,20). The molecule has 1 heterocycles. The molecule has 0 fully saturated rings. The Labute approximate surface area is 122 Å². The van der Waals surface area contributed by atoms with Crippen LogP contribution in [0.25, 0.3) is 0 Å². The number of anilines is 1. The number of carbonyl (C=O) groups excluding carboxylic acids is 2. The van der Waals surface area contributed by atoms with E-state index in [0.29, 0.717) is 18.1 Å². The lowest BCUT2D eigenvalue weighted by atomic mass is 10.2. The Kier molecular flexibility index (Phi) is 4.71. The number of amides is 2. The average molecular weight is 287 g/mol. The van der Waals surface area contributed by atoms with Gasteiger partial charge in [-0.15, -0.1) is 0 Å². The predicted molar refractivity (Wildman–Crippen MR) is 77.4 cm³/mol. The molecule has 0 aliphatic heterocycles. The number of hydrogen-bond donors (Lipinski definition) is 1. The molecular weight excluding hydrogens is 270 g/mol. The van der Waals surface area contributed by atoms with Crippen LogP contribution in [0.2, 0.25) is 0 Å². The topological polar surface area (TPSA) is 75.4 Å². The first-order chi connectivity index (χ1) is 10.0. The maximum Gasteiger partial charge on any atom is 0.245 e. The number of nitrogens with zero attached hydrogens (tertiary/aromatic N) is 2. The zero-order valence-corrected chi connectivity index (χ0v) is 12.0. The van der Waals surface area contributed by atoms with E-state index < -0.39 is 0 Å². The van der Waals surface area contributed by atoms with Crippen LogP contribution < -0.4 is 5.32 Å². The van der Waals surface area contributed by atoms with Crippen LogP contribution in [0.15, 0.2) is 40.9 Å². The number of carbonyl (C=O) groups is 2. The van der Waals surface area contributed by atoms with E-state index in [1.54, 1.807) is 13.0 Å². The minimum absolute atomic E-state index is 0.0316. The van der Waals surface area contributed by atoms with Crippen molar-refractivity contribution in [1.29, 1.82) is 0 Å². The van der Waals surface area contributed by atoms with Gasteiger partial charge in [0.15, 0.2) is 5.82 Å². The van der Waals surface area contributed by atoms with Gasteiger partial charge in [-0.05, 0) is 12.5 Å². The lowest BCUT2D eigenvalue weighted by Crippen LogP contribution is -2.36. The summed E-state index contributed by atoms with van der Waals surface area (Å²) in [5.74, 6) is 0.485. The summed E-state index contributed by atoms with van der Waals surface area (Å²) in [7, 11) is 0. The average Bonchev–Trinajstić information content (AvgIpc) is 2.84. The molecule has 0 radical (unpaired) electrons. The molecule has 2 aromatic rings. The highest BCUT2D eigenvalue weighted by atomic mass is 16.5. The van der Waals surface area contributed by atoms with Crippen molar-refractivity contribution in [3.8, 4) is 0 Å². The molecule has 0 atom stereocenters. The Morgan fingerprint density at radius 2 is 2.00 bits per heavy atom. The van der Waals surface area contributed by atoms with Gasteiger partial charge in [-0.3, -0.25) is 9.59 Å². The molecule has 2 rings (SSSR count). The Bertz CT molecular complexity index is 622. The summed E-state index contributed by atoms with van der Waals surface area (Å²) in [6.45, 7) is 3.54. The number of aromatic nitrogens is 1. The number of rotatable bonds is 5. The molecule has 110 valence electrons. The quantitative estimate of drug-likeness (QED) is 0.912. The van der Waals surface area contributed by atoms with Crippen LogP contribution in [0.1, 0.15) is 18.2 Å². The molecule has 0 aliphatic carbocycles. The van der Waals surface area contributed by atoms with E-state index in [1.807, 2.05) is 30.3 Å². The maximum atomic E-state index is 11.9. The van der Waals surface area contributed by atoms with Crippen LogP contribution in [0, 0.1) is 6.92 Å². The molecule has 6 heteroatoms. The van der Waals surface area contributed by atoms with Crippen molar-refractivity contribution in [2.75, 3.05) is 11.9 Å². The van der Waals surface area contributed by atoms with Crippen LogP contribution >= 0.6 is 0 Å². The van der Waals surface area contributed by atoms with E-state index in [4.69, 9.17) is 4.52 Å². The molecule has 1 aromatic carbocycles. The van der Waals surface area contributed by atoms with E-state index in [2.05, 4.69) is 10.5 Å². The van der Waals surface area contributed by atoms with Gasteiger partial charge in [-0.25, -0.2) is 0 Å². The second-order valence-electron chi connectivity index (χ2n) is 4.73. The van der Waals surface area contributed by atoms with Gasteiger partial charge in [0.05, 0.1) is 0 Å². The molecule has 1 aromatic heterocycles. The Morgan fingerprint density at radius 1 is 1.29 bits per heavy atom. The summed E-state index contributed by atoms with van der Waals surface area (Å²) in [6.07, 6.45) is 0. The molecular formula is C15H17N3O3. The van der Waals surface area contributed by atoms with Gasteiger partial charge in [0.25, 0.3) is 0 Å². The lowest BCUT2D eigenvalue weighted by Gasteiger charge is -2.20. The van der Waals surface area contributed by atoms with Crippen LogP contribution in [0.5, 0.6) is 0 Å². The zero-order valence-electron chi connectivity index (χ0n) is 12.0. The molecule has 0 spiro atoms. The van der Waals surface area contributed by atoms with Crippen LogP contribution in [0.4, 0.5) is 5.82 Å². The van der Waals surface area contributed by atoms with Crippen molar-refractivity contribution in [1.82, 2.24) is 10.1 Å². The summed E-state index contributed by atoms with van der Waals surface area (Å²) >= 11 is 0. The van der Waals surface area contributed by atoms with Gasteiger partial charge in [0.2, 0.25) is 11.8 Å². The fraction of sp³-hybridized carbons (Fsp3) is 0.267. The smallest absolute Gasteiger partial charge is 0.245 e. The maximum absolute atomic E-state index is 11.9. The van der Waals surface area contributed by atoms with Gasteiger partial charge in [0.1, 0.15) is 12.3 Å². The van der Waals surface area contributed by atoms with Crippen molar-refractivity contribution < 1.29 is 14.1 Å². The molecule has 21 heavy (non-hydrogen) atoms. The monoisotopic (exact) mass is 287 g/mol. The Hall–Kier alpha value is -2.63. The van der Waals surface area contributed by atoms with Crippen molar-refractivity contribution in [3.63, 3.8) is 0 Å². The SMILES string of the molecule is CC(=O)N(CC(=O)Nc1cc(C)on1)Cc1ccccc1. The van der Waals surface area contributed by atoms with E-state index in [0.717, 1.165) is 5.56 Å². The van der Waals surface area contributed by atoms with Crippen LogP contribution in [0.3, 0.4) is 0 Å². The first-order valence-electron chi connectivity index (χ1n) is 6.57. The molecule has 2 amide bonds. The van der Waals surface area contributed by atoms with Gasteiger partial charge in [-0.2, -0.15) is 0 Å². The summed E-state index contributed by atoms with van der Waals surface area (Å²) in [5, 5.41) is 6.28. The van der Waals surface area contributed by atoms with Gasteiger partial charge in [0, 0.05) is 19.5 Å². The Morgan fingerprint density at radius 3 is 2.57 bits per heavy atom.